The van der Waals surface area contributed by atoms with E-state index in [9.17, 15) is 18.3 Å². The number of nitrogens with one attached hydrogen (secondary N) is 1. The molecule has 0 aliphatic heterocycles. The van der Waals surface area contributed by atoms with Gasteiger partial charge in [-0.1, -0.05) is 57.3 Å². The first kappa shape index (κ1) is 21.9. The number of amides is 1. The molecule has 3 aromatic rings. The summed E-state index contributed by atoms with van der Waals surface area (Å²) < 4.78 is 28.5. The topological polar surface area (TPSA) is 109 Å². The van der Waals surface area contributed by atoms with Crippen molar-refractivity contribution in [1.29, 1.82) is 0 Å². The Bertz CT molecular complexity index is 1180. The molecule has 7 nitrogen and oxygen atoms in total. The molecule has 3 rings (SSSR count). The molecule has 0 aliphatic carbocycles. The number of hydrogen-bond acceptors (Lipinski definition) is 4. The number of aliphatic hydroxyl groups is 1. The molecular formula is C18H15BrCl2N2O5S. The van der Waals surface area contributed by atoms with Crippen LogP contribution in [0.2, 0.25) is 10.0 Å². The lowest BCUT2D eigenvalue weighted by atomic mass is 10.1. The van der Waals surface area contributed by atoms with Gasteiger partial charge in [-0.25, -0.2) is 17.2 Å². The van der Waals surface area contributed by atoms with Crippen LogP contribution in [0.5, 0.6) is 0 Å². The summed E-state index contributed by atoms with van der Waals surface area (Å²) in [7, 11) is -4.10. The molecule has 0 radical (unpaired) electrons. The van der Waals surface area contributed by atoms with Crippen LogP contribution in [0.25, 0.3) is 10.9 Å². The van der Waals surface area contributed by atoms with E-state index < -0.39 is 28.8 Å². The third-order valence-corrected chi connectivity index (χ3v) is 7.44. The number of benzene rings is 2. The molecule has 0 saturated heterocycles. The van der Waals surface area contributed by atoms with Crippen LogP contribution < -0.4 is 5.32 Å². The molecule has 0 aliphatic rings. The van der Waals surface area contributed by atoms with Crippen molar-refractivity contribution < 1.29 is 23.4 Å². The summed E-state index contributed by atoms with van der Waals surface area (Å²) in [6.07, 6.45) is -1.43. The van der Waals surface area contributed by atoms with Gasteiger partial charge in [0.1, 0.15) is 0 Å². The third-order valence-electron chi connectivity index (χ3n) is 4.24. The average Bonchev–Trinajstić information content (AvgIpc) is 3.06. The molecule has 29 heavy (non-hydrogen) atoms. The number of rotatable bonds is 6. The molecule has 1 amide bonds. The number of aromatic nitrogens is 1. The van der Waals surface area contributed by atoms with Crippen LogP contribution in [-0.2, 0) is 16.4 Å². The number of carboxylic acid groups (broad SMARTS) is 1. The third kappa shape index (κ3) is 4.24. The van der Waals surface area contributed by atoms with E-state index in [0.29, 0.717) is 9.86 Å². The predicted molar refractivity (Wildman–Crippen MR) is 114 cm³/mol. The van der Waals surface area contributed by atoms with E-state index in [1.807, 2.05) is 0 Å². The molecule has 0 spiro atoms. The van der Waals surface area contributed by atoms with Gasteiger partial charge in [-0.3, -0.25) is 0 Å². The van der Waals surface area contributed by atoms with Gasteiger partial charge in [0, 0.05) is 22.0 Å². The summed E-state index contributed by atoms with van der Waals surface area (Å²) >= 11 is 15.9. The zero-order valence-corrected chi connectivity index (χ0v) is 18.6. The van der Waals surface area contributed by atoms with Gasteiger partial charge in [0.05, 0.1) is 33.1 Å². The van der Waals surface area contributed by atoms with Crippen molar-refractivity contribution in [3.05, 3.63) is 62.7 Å². The highest BCUT2D eigenvalue weighted by atomic mass is 79.9. The van der Waals surface area contributed by atoms with E-state index in [4.69, 9.17) is 28.3 Å². The second-order valence-corrected chi connectivity index (χ2v) is 9.59. The standard InChI is InChI=1S/C18H15BrCl2N2O5S/c19-14-8-15(20)16(21)17-13(14)7-11(6-10(9-24)22-18(25)26)23(17)29(27,28)12-4-2-1-3-5-12/h1-5,7-8,10,22,24H,6,9H2,(H,25,26). The van der Waals surface area contributed by atoms with E-state index in [2.05, 4.69) is 21.2 Å². The first-order valence-electron chi connectivity index (χ1n) is 8.25. The van der Waals surface area contributed by atoms with E-state index >= 15 is 0 Å². The Morgan fingerprint density at radius 2 is 1.86 bits per heavy atom. The highest BCUT2D eigenvalue weighted by molar-refractivity contribution is 9.10. The summed E-state index contributed by atoms with van der Waals surface area (Å²) in [6, 6.07) is 9.95. The number of halogens is 3. The maximum absolute atomic E-state index is 13.4. The van der Waals surface area contributed by atoms with Gasteiger partial charge in [0.25, 0.3) is 10.0 Å². The van der Waals surface area contributed by atoms with Crippen molar-refractivity contribution in [3.63, 3.8) is 0 Å². The number of hydrogen-bond donors (Lipinski definition) is 3. The van der Waals surface area contributed by atoms with Crippen molar-refractivity contribution >= 4 is 66.2 Å². The normalized spacial score (nSPS) is 12.8. The highest BCUT2D eigenvalue weighted by Crippen LogP contribution is 2.40. The number of aliphatic hydroxyl groups excluding tert-OH is 1. The van der Waals surface area contributed by atoms with E-state index in [0.717, 1.165) is 3.97 Å². The number of carbonyl (C=O) groups is 1. The molecule has 11 heteroatoms. The van der Waals surface area contributed by atoms with Crippen LogP contribution in [-0.4, -0.2) is 41.3 Å². The van der Waals surface area contributed by atoms with Crippen LogP contribution in [0.3, 0.4) is 0 Å². The maximum Gasteiger partial charge on any atom is 0.404 e. The Morgan fingerprint density at radius 1 is 1.21 bits per heavy atom. The fraction of sp³-hybridized carbons (Fsp3) is 0.167. The average molecular weight is 522 g/mol. The van der Waals surface area contributed by atoms with E-state index in [1.165, 1.54) is 12.1 Å². The lowest BCUT2D eigenvalue weighted by molar-refractivity contribution is 0.177. The maximum atomic E-state index is 13.4. The molecule has 1 unspecified atom stereocenters. The first-order valence-corrected chi connectivity index (χ1v) is 11.2. The SMILES string of the molecule is O=C(O)NC(CO)Cc1cc2c(Br)cc(Cl)c(Cl)c2n1S(=O)(=O)c1ccccc1. The van der Waals surface area contributed by atoms with E-state index in [1.54, 1.807) is 30.3 Å². The Kier molecular flexibility index (Phi) is 6.45. The minimum Gasteiger partial charge on any atom is -0.465 e. The fourth-order valence-electron chi connectivity index (χ4n) is 3.00. The zero-order valence-electron chi connectivity index (χ0n) is 14.6. The number of fused-ring (bicyclic) bond motifs is 1. The van der Waals surface area contributed by atoms with Crippen molar-refractivity contribution in [1.82, 2.24) is 9.29 Å². The molecule has 1 atom stereocenters. The molecule has 0 bridgehead atoms. The Morgan fingerprint density at radius 3 is 2.45 bits per heavy atom. The lowest BCUT2D eigenvalue weighted by Crippen LogP contribution is -2.38. The molecule has 0 fully saturated rings. The smallest absolute Gasteiger partial charge is 0.404 e. The first-order chi connectivity index (χ1) is 13.7. The highest BCUT2D eigenvalue weighted by Gasteiger charge is 2.28. The van der Waals surface area contributed by atoms with Gasteiger partial charge in [-0.2, -0.15) is 0 Å². The van der Waals surface area contributed by atoms with Gasteiger partial charge in [0.2, 0.25) is 0 Å². The second-order valence-electron chi connectivity index (χ2n) is 6.17. The summed E-state index contributed by atoms with van der Waals surface area (Å²) in [6.45, 7) is -0.519. The van der Waals surface area contributed by atoms with Crippen molar-refractivity contribution in [2.45, 2.75) is 17.4 Å². The fourth-order valence-corrected chi connectivity index (χ4v) is 5.73. The van der Waals surface area contributed by atoms with Crippen LogP contribution in [0.15, 0.2) is 51.8 Å². The van der Waals surface area contributed by atoms with Crippen molar-refractivity contribution in [3.8, 4) is 0 Å². The number of nitrogens with zero attached hydrogens (tertiary/aromatic N) is 1. The molecule has 2 aromatic carbocycles. The van der Waals surface area contributed by atoms with Crippen LogP contribution in [0.4, 0.5) is 4.79 Å². The molecule has 3 N–H and O–H groups in total. The molecule has 0 saturated carbocycles. The van der Waals surface area contributed by atoms with Crippen LogP contribution in [0.1, 0.15) is 5.69 Å². The predicted octanol–water partition coefficient (Wildman–Crippen LogP) is 4.12. The molecule has 1 heterocycles. The summed E-state index contributed by atoms with van der Waals surface area (Å²) in [4.78, 5) is 11.0. The van der Waals surface area contributed by atoms with Gasteiger partial charge >= 0.3 is 6.09 Å². The van der Waals surface area contributed by atoms with Gasteiger partial charge < -0.3 is 15.5 Å². The van der Waals surface area contributed by atoms with Gasteiger partial charge in [0.15, 0.2) is 0 Å². The molecule has 154 valence electrons. The lowest BCUT2D eigenvalue weighted by Gasteiger charge is -2.17. The summed E-state index contributed by atoms with van der Waals surface area (Å²) in [5.41, 5.74) is 0.401. The summed E-state index contributed by atoms with van der Waals surface area (Å²) in [5.74, 6) is 0. The van der Waals surface area contributed by atoms with E-state index in [-0.39, 0.29) is 32.6 Å². The van der Waals surface area contributed by atoms with Crippen LogP contribution in [0, 0.1) is 0 Å². The summed E-state index contributed by atoms with van der Waals surface area (Å²) in [5, 5.41) is 21.4. The van der Waals surface area contributed by atoms with Crippen molar-refractivity contribution in [2.75, 3.05) is 6.61 Å². The van der Waals surface area contributed by atoms with Crippen LogP contribution >= 0.6 is 39.1 Å². The molecular weight excluding hydrogens is 507 g/mol. The molecule has 1 aromatic heterocycles. The Labute approximate surface area is 185 Å². The largest absolute Gasteiger partial charge is 0.465 e. The minimum absolute atomic E-state index is 0.0256. The second kappa shape index (κ2) is 8.53. The Balaban J connectivity index is 2.32. The quantitative estimate of drug-likeness (QED) is 0.423. The monoisotopic (exact) mass is 520 g/mol. The van der Waals surface area contributed by atoms with Gasteiger partial charge in [-0.05, 0) is 24.3 Å². The van der Waals surface area contributed by atoms with Gasteiger partial charge in [-0.15, -0.1) is 0 Å². The van der Waals surface area contributed by atoms with Crippen molar-refractivity contribution in [2.24, 2.45) is 0 Å². The zero-order chi connectivity index (χ0) is 21.3. The Hall–Kier alpha value is -1.78. The minimum atomic E-state index is -4.10.